The number of halogens is 7. The largest absolute Gasteiger partial charge is 2.00 e. The van der Waals surface area contributed by atoms with Gasteiger partial charge in [-0.15, -0.1) is 0 Å². The van der Waals surface area contributed by atoms with Crippen molar-refractivity contribution in [3.8, 4) is 0 Å². The molecule has 0 aliphatic rings. The van der Waals surface area contributed by atoms with Gasteiger partial charge < -0.3 is 24.8 Å². The Morgan fingerprint density at radius 2 is 1.14 bits per heavy atom. The number of hydrogen-bond acceptors (Lipinski definition) is 0. The van der Waals surface area contributed by atoms with E-state index in [9.17, 15) is 17.6 Å². The van der Waals surface area contributed by atoms with Gasteiger partial charge in [-0.25, -0.2) is 17.6 Å². The zero-order chi connectivity index (χ0) is 8.59. The van der Waals surface area contributed by atoms with Gasteiger partial charge >= 0.3 is 23.1 Å². The van der Waals surface area contributed by atoms with Crippen molar-refractivity contribution in [2.24, 2.45) is 0 Å². The van der Waals surface area contributed by atoms with Gasteiger partial charge in [0.05, 0.1) is 0 Å². The summed E-state index contributed by atoms with van der Waals surface area (Å²) in [6, 6.07) is 0.0938. The van der Waals surface area contributed by atoms with Gasteiger partial charge in [0.15, 0.2) is 23.3 Å². The van der Waals surface area contributed by atoms with Crippen molar-refractivity contribution in [2.45, 2.75) is 0 Å². The zero-order valence-electron chi connectivity index (χ0n) is 6.43. The van der Waals surface area contributed by atoms with E-state index >= 15 is 0 Å². The fraction of sp³-hybridized carbons (Fsp3) is 0. The molecule has 76 valence electrons. The minimum atomic E-state index is -1.58. The third kappa shape index (κ3) is 3.98. The summed E-state index contributed by atoms with van der Waals surface area (Å²) in [4.78, 5) is 0. The maximum Gasteiger partial charge on any atom is 2.00 e. The van der Waals surface area contributed by atoms with Gasteiger partial charge in [0.2, 0.25) is 0 Å². The Morgan fingerprint density at radius 3 is 1.43 bits per heavy atom. The van der Waals surface area contributed by atoms with Gasteiger partial charge in [0.1, 0.15) is 5.02 Å². The molecule has 0 bridgehead atoms. The molecule has 0 atom stereocenters. The van der Waals surface area contributed by atoms with Gasteiger partial charge in [0.25, 0.3) is 0 Å². The van der Waals surface area contributed by atoms with Crippen LogP contribution in [0.1, 0.15) is 0 Å². The second-order valence-electron chi connectivity index (χ2n) is 1.78. The molecule has 0 heterocycles. The van der Waals surface area contributed by atoms with Crippen LogP contribution in [0.15, 0.2) is 6.07 Å². The minimum Gasteiger partial charge on any atom is -1.00 e. The van der Waals surface area contributed by atoms with Crippen LogP contribution in [0.3, 0.4) is 0 Å². The zero-order valence-corrected chi connectivity index (χ0v) is 10.1. The van der Waals surface area contributed by atoms with Crippen molar-refractivity contribution in [3.05, 3.63) is 34.4 Å². The molecule has 14 heavy (non-hydrogen) atoms. The molecule has 0 aliphatic heterocycles. The summed E-state index contributed by atoms with van der Waals surface area (Å²) in [6.07, 6.45) is 0. The smallest absolute Gasteiger partial charge is 1.00 e. The third-order valence-electron chi connectivity index (χ3n) is 1.06. The van der Waals surface area contributed by atoms with Gasteiger partial charge in [0, 0.05) is 6.07 Å². The molecule has 0 nitrogen and oxygen atoms in total. The molecule has 8 heteroatoms. The molecule has 0 spiro atoms. The maximum atomic E-state index is 12.3. The summed E-state index contributed by atoms with van der Waals surface area (Å²) < 4.78 is 48.8. The van der Waals surface area contributed by atoms with Crippen molar-refractivity contribution < 1.29 is 42.4 Å². The van der Waals surface area contributed by atoms with E-state index in [1.807, 2.05) is 0 Å². The van der Waals surface area contributed by atoms with Crippen LogP contribution in [-0.4, -0.2) is 23.1 Å². The summed E-state index contributed by atoms with van der Waals surface area (Å²) in [5.74, 6) is -6.17. The van der Waals surface area contributed by atoms with E-state index < -0.39 is 28.3 Å². The molecule has 0 amide bonds. The average Bonchev–Trinajstić information content (AvgIpc) is 1.97. The van der Waals surface area contributed by atoms with Crippen molar-refractivity contribution in [1.82, 2.24) is 0 Å². The van der Waals surface area contributed by atoms with Crippen LogP contribution >= 0.6 is 11.6 Å². The first-order valence-electron chi connectivity index (χ1n) is 2.52. The van der Waals surface area contributed by atoms with E-state index in [2.05, 4.69) is 0 Å². The molecule has 0 N–H and O–H groups in total. The van der Waals surface area contributed by atoms with E-state index in [0.29, 0.717) is 0 Å². The van der Waals surface area contributed by atoms with Crippen LogP contribution < -0.4 is 24.8 Å². The first kappa shape index (κ1) is 20.0. The fourth-order valence-electron chi connectivity index (χ4n) is 0.544. The Bertz CT molecular complexity index is 281. The molecule has 1 aromatic carbocycles. The maximum absolute atomic E-state index is 12.3. The van der Waals surface area contributed by atoms with E-state index in [1.165, 1.54) is 0 Å². The van der Waals surface area contributed by atoms with E-state index in [1.54, 1.807) is 0 Å². The predicted molar refractivity (Wildman–Crippen MR) is 37.0 cm³/mol. The molecule has 0 saturated heterocycles. The van der Waals surface area contributed by atoms with Gasteiger partial charge in [-0.2, -0.15) is 0 Å². The Labute approximate surface area is 111 Å². The van der Waals surface area contributed by atoms with Crippen LogP contribution in [-0.2, 0) is 0 Å². The van der Waals surface area contributed by atoms with Crippen LogP contribution in [0.5, 0.6) is 0 Å². The molecule has 0 aromatic heterocycles. The topological polar surface area (TPSA) is 0 Å². The summed E-state index contributed by atoms with van der Waals surface area (Å²) >= 11 is 4.86. The quantitative estimate of drug-likeness (QED) is 0.200. The second-order valence-corrected chi connectivity index (χ2v) is 2.16. The van der Waals surface area contributed by atoms with E-state index in [4.69, 9.17) is 11.6 Å². The molecule has 1 rings (SSSR count). The van der Waals surface area contributed by atoms with Crippen LogP contribution in [0.25, 0.3) is 0 Å². The molecular formula is C6HCl3F4Mg. The third-order valence-corrected chi connectivity index (χ3v) is 1.39. The summed E-state index contributed by atoms with van der Waals surface area (Å²) in [5.41, 5.74) is 0. The van der Waals surface area contributed by atoms with Crippen molar-refractivity contribution in [2.75, 3.05) is 0 Å². The molecular weight excluding hydrogens is 279 g/mol. The molecule has 0 fully saturated rings. The summed E-state index contributed by atoms with van der Waals surface area (Å²) in [5, 5.41) is -1.16. The molecule has 0 radical (unpaired) electrons. The van der Waals surface area contributed by atoms with Crippen molar-refractivity contribution in [3.63, 3.8) is 0 Å². The Hall–Kier alpha value is 0.576. The van der Waals surface area contributed by atoms with E-state index in [-0.39, 0.29) is 53.9 Å². The summed E-state index contributed by atoms with van der Waals surface area (Å²) in [6.45, 7) is 0. The van der Waals surface area contributed by atoms with Gasteiger partial charge in [-0.05, 0) is 0 Å². The van der Waals surface area contributed by atoms with E-state index in [0.717, 1.165) is 0 Å². The Kier molecular flexibility index (Phi) is 11.2. The standard InChI is InChI=1S/C6HClF4.2ClH.Mg/c7-4-5(10)2(8)1-3(9)6(4)11;;;/h1H;2*1H;/q;;;+2/p-2. The van der Waals surface area contributed by atoms with Crippen molar-refractivity contribution in [1.29, 1.82) is 0 Å². The monoisotopic (exact) mass is 278 g/mol. The second kappa shape index (κ2) is 7.81. The Balaban J connectivity index is -0.000000403. The van der Waals surface area contributed by atoms with Crippen molar-refractivity contribution >= 4 is 34.7 Å². The SMILES string of the molecule is Fc1cc(F)c(F)c(Cl)c1F.[Cl-].[Cl-].[Mg+2]. The van der Waals surface area contributed by atoms with Crippen LogP contribution in [0, 0.1) is 23.3 Å². The first-order chi connectivity index (χ1) is 5.04. The predicted octanol–water partition coefficient (Wildman–Crippen LogP) is -3.48. The normalized spacial score (nSPS) is 8.07. The van der Waals surface area contributed by atoms with Crippen LogP contribution in [0.4, 0.5) is 17.6 Å². The molecule has 1 aromatic rings. The fourth-order valence-corrected chi connectivity index (χ4v) is 0.725. The van der Waals surface area contributed by atoms with Gasteiger partial charge in [-0.3, -0.25) is 0 Å². The number of benzene rings is 1. The first-order valence-corrected chi connectivity index (χ1v) is 2.90. The molecule has 0 saturated carbocycles. The number of hydrogen-bond donors (Lipinski definition) is 0. The molecule has 0 aliphatic carbocycles. The Morgan fingerprint density at radius 1 is 0.857 bits per heavy atom. The molecule has 0 unspecified atom stereocenters. The number of rotatable bonds is 0. The van der Waals surface area contributed by atoms with Gasteiger partial charge in [-0.1, -0.05) is 11.6 Å². The van der Waals surface area contributed by atoms with Crippen LogP contribution in [0.2, 0.25) is 5.02 Å². The minimum absolute atomic E-state index is 0. The average molecular weight is 280 g/mol. The summed E-state index contributed by atoms with van der Waals surface area (Å²) in [7, 11) is 0.